The van der Waals surface area contributed by atoms with E-state index in [-0.39, 0.29) is 12.5 Å². The summed E-state index contributed by atoms with van der Waals surface area (Å²) in [4.78, 5) is 22.9. The van der Waals surface area contributed by atoms with E-state index < -0.39 is 22.6 Å². The van der Waals surface area contributed by atoms with Gasteiger partial charge in [0.05, 0.1) is 17.4 Å². The minimum Gasteiger partial charge on any atom is -0.478 e. The third-order valence-electron chi connectivity index (χ3n) is 2.22. The Labute approximate surface area is 114 Å². The summed E-state index contributed by atoms with van der Waals surface area (Å²) in [5.74, 6) is -0.127. The molecular weight excluding hydrogens is 269 g/mol. The highest BCUT2D eigenvalue weighted by Gasteiger charge is 2.16. The van der Waals surface area contributed by atoms with Gasteiger partial charge in [-0.2, -0.15) is 0 Å². The van der Waals surface area contributed by atoms with E-state index in [2.05, 4.69) is 11.2 Å². The average molecular weight is 281 g/mol. The standard InChI is InChI=1S/C13H12FNO3S/c1-3-6-15-12(16)8(2)19-9-4-5-11(14)10(7-9)13(17)18/h1,4-5,7-8H,6H2,2H3,(H,15,16)(H,17,18). The summed E-state index contributed by atoms with van der Waals surface area (Å²) in [6.07, 6.45) is 5.02. The van der Waals surface area contributed by atoms with Gasteiger partial charge in [-0.05, 0) is 25.1 Å². The van der Waals surface area contributed by atoms with E-state index in [0.29, 0.717) is 4.90 Å². The molecule has 0 heterocycles. The van der Waals surface area contributed by atoms with E-state index in [1.165, 1.54) is 12.1 Å². The Balaban J connectivity index is 2.77. The molecule has 0 saturated carbocycles. The first-order valence-corrected chi connectivity index (χ1v) is 6.24. The van der Waals surface area contributed by atoms with Crippen molar-refractivity contribution in [2.24, 2.45) is 0 Å². The molecule has 6 heteroatoms. The summed E-state index contributed by atoms with van der Waals surface area (Å²) < 4.78 is 13.2. The van der Waals surface area contributed by atoms with Crippen LogP contribution in [0.15, 0.2) is 23.1 Å². The molecule has 100 valence electrons. The third-order valence-corrected chi connectivity index (χ3v) is 3.31. The summed E-state index contributed by atoms with van der Waals surface area (Å²) in [5, 5.41) is 10.9. The first kappa shape index (κ1) is 15.1. The zero-order chi connectivity index (χ0) is 14.4. The van der Waals surface area contributed by atoms with Crippen molar-refractivity contribution >= 4 is 23.6 Å². The first-order chi connectivity index (χ1) is 8.95. The van der Waals surface area contributed by atoms with E-state index in [9.17, 15) is 14.0 Å². The van der Waals surface area contributed by atoms with Gasteiger partial charge in [0.2, 0.25) is 5.91 Å². The molecular formula is C13H12FNO3S. The second kappa shape index (κ2) is 6.81. The van der Waals surface area contributed by atoms with Crippen LogP contribution in [0.4, 0.5) is 4.39 Å². The molecule has 0 bridgehead atoms. The molecule has 1 aromatic rings. The monoisotopic (exact) mass is 281 g/mol. The van der Waals surface area contributed by atoms with Crippen LogP contribution in [0.5, 0.6) is 0 Å². The van der Waals surface area contributed by atoms with Crippen molar-refractivity contribution < 1.29 is 19.1 Å². The Bertz CT molecular complexity index is 539. The van der Waals surface area contributed by atoms with Gasteiger partial charge in [0.15, 0.2) is 0 Å². The number of hydrogen-bond donors (Lipinski definition) is 2. The maximum atomic E-state index is 13.2. The van der Waals surface area contributed by atoms with Gasteiger partial charge in [0.1, 0.15) is 5.82 Å². The van der Waals surface area contributed by atoms with Crippen LogP contribution in [0, 0.1) is 18.2 Å². The minimum atomic E-state index is -1.34. The molecule has 1 amide bonds. The smallest absolute Gasteiger partial charge is 0.338 e. The lowest BCUT2D eigenvalue weighted by Gasteiger charge is -2.11. The van der Waals surface area contributed by atoms with Crippen LogP contribution in [0.1, 0.15) is 17.3 Å². The lowest BCUT2D eigenvalue weighted by molar-refractivity contribution is -0.120. The summed E-state index contributed by atoms with van der Waals surface area (Å²) in [6.45, 7) is 1.79. The van der Waals surface area contributed by atoms with Crippen LogP contribution in [-0.4, -0.2) is 28.8 Å². The number of thioether (sulfide) groups is 1. The summed E-state index contributed by atoms with van der Waals surface area (Å²) in [5.41, 5.74) is -0.416. The molecule has 2 N–H and O–H groups in total. The molecule has 0 radical (unpaired) electrons. The fourth-order valence-electron chi connectivity index (χ4n) is 1.28. The number of rotatable bonds is 5. The maximum absolute atomic E-state index is 13.2. The third kappa shape index (κ3) is 4.30. The van der Waals surface area contributed by atoms with Gasteiger partial charge < -0.3 is 10.4 Å². The van der Waals surface area contributed by atoms with Gasteiger partial charge in [0, 0.05) is 4.90 Å². The number of nitrogens with one attached hydrogen (secondary N) is 1. The molecule has 0 spiro atoms. The summed E-state index contributed by atoms with van der Waals surface area (Å²) in [6, 6.07) is 3.70. The number of benzene rings is 1. The first-order valence-electron chi connectivity index (χ1n) is 5.36. The Morgan fingerprint density at radius 2 is 2.26 bits per heavy atom. The van der Waals surface area contributed by atoms with Gasteiger partial charge in [0.25, 0.3) is 0 Å². The van der Waals surface area contributed by atoms with Crippen molar-refractivity contribution in [2.75, 3.05) is 6.54 Å². The molecule has 0 aliphatic heterocycles. The number of hydrogen-bond acceptors (Lipinski definition) is 3. The topological polar surface area (TPSA) is 66.4 Å². The molecule has 0 fully saturated rings. The van der Waals surface area contributed by atoms with E-state index in [1.54, 1.807) is 6.92 Å². The Morgan fingerprint density at radius 3 is 2.84 bits per heavy atom. The van der Waals surface area contributed by atoms with Gasteiger partial charge in [-0.1, -0.05) is 5.92 Å². The predicted octanol–water partition coefficient (Wildman–Crippen LogP) is 1.75. The van der Waals surface area contributed by atoms with E-state index in [4.69, 9.17) is 11.5 Å². The number of carboxylic acids is 1. The fraction of sp³-hybridized carbons (Fsp3) is 0.231. The minimum absolute atomic E-state index is 0.132. The van der Waals surface area contributed by atoms with Gasteiger partial charge in [-0.3, -0.25) is 4.79 Å². The number of halogens is 1. The van der Waals surface area contributed by atoms with Crippen molar-refractivity contribution in [1.29, 1.82) is 0 Å². The number of carboxylic acid groups (broad SMARTS) is 1. The highest BCUT2D eigenvalue weighted by molar-refractivity contribution is 8.00. The highest BCUT2D eigenvalue weighted by Crippen LogP contribution is 2.25. The van der Waals surface area contributed by atoms with Crippen LogP contribution in [0.25, 0.3) is 0 Å². The zero-order valence-corrected chi connectivity index (χ0v) is 11.0. The lowest BCUT2D eigenvalue weighted by atomic mass is 10.2. The van der Waals surface area contributed by atoms with Crippen molar-refractivity contribution in [1.82, 2.24) is 5.32 Å². The molecule has 1 atom stereocenters. The van der Waals surface area contributed by atoms with Crippen LogP contribution >= 0.6 is 11.8 Å². The van der Waals surface area contributed by atoms with Gasteiger partial charge in [-0.15, -0.1) is 18.2 Å². The predicted molar refractivity (Wildman–Crippen MR) is 70.5 cm³/mol. The van der Waals surface area contributed by atoms with Crippen molar-refractivity contribution in [2.45, 2.75) is 17.1 Å². The number of carbonyl (C=O) groups excluding carboxylic acids is 1. The highest BCUT2D eigenvalue weighted by atomic mass is 32.2. The van der Waals surface area contributed by atoms with Gasteiger partial charge >= 0.3 is 5.97 Å². The molecule has 0 aliphatic carbocycles. The van der Waals surface area contributed by atoms with Crippen molar-refractivity contribution in [3.8, 4) is 12.3 Å². The van der Waals surface area contributed by atoms with Gasteiger partial charge in [-0.25, -0.2) is 9.18 Å². The average Bonchev–Trinajstić information content (AvgIpc) is 2.37. The summed E-state index contributed by atoms with van der Waals surface area (Å²) in [7, 11) is 0. The molecule has 4 nitrogen and oxygen atoms in total. The Hall–Kier alpha value is -2.00. The number of terminal acetylenes is 1. The van der Waals surface area contributed by atoms with Crippen molar-refractivity contribution in [3.63, 3.8) is 0 Å². The Morgan fingerprint density at radius 1 is 1.58 bits per heavy atom. The molecule has 19 heavy (non-hydrogen) atoms. The van der Waals surface area contributed by atoms with E-state index in [1.807, 2.05) is 0 Å². The number of carbonyl (C=O) groups is 2. The Kier molecular flexibility index (Phi) is 5.39. The molecule has 1 rings (SSSR count). The lowest BCUT2D eigenvalue weighted by Crippen LogP contribution is -2.31. The van der Waals surface area contributed by atoms with Crippen molar-refractivity contribution in [3.05, 3.63) is 29.6 Å². The SMILES string of the molecule is C#CCNC(=O)C(C)Sc1ccc(F)c(C(=O)O)c1. The second-order valence-corrected chi connectivity index (χ2v) is 5.04. The largest absolute Gasteiger partial charge is 0.478 e. The summed E-state index contributed by atoms with van der Waals surface area (Å²) >= 11 is 1.13. The van der Waals surface area contributed by atoms with E-state index in [0.717, 1.165) is 17.8 Å². The number of amides is 1. The maximum Gasteiger partial charge on any atom is 0.338 e. The second-order valence-electron chi connectivity index (χ2n) is 3.63. The molecule has 0 saturated heterocycles. The zero-order valence-electron chi connectivity index (χ0n) is 10.1. The van der Waals surface area contributed by atoms with Crippen LogP contribution in [-0.2, 0) is 4.79 Å². The quantitative estimate of drug-likeness (QED) is 0.637. The fourth-order valence-corrected chi connectivity index (χ4v) is 2.21. The van der Waals surface area contributed by atoms with Crippen LogP contribution in [0.2, 0.25) is 0 Å². The molecule has 0 aromatic heterocycles. The molecule has 1 unspecified atom stereocenters. The number of aromatic carboxylic acids is 1. The normalized spacial score (nSPS) is 11.4. The van der Waals surface area contributed by atoms with E-state index >= 15 is 0 Å². The van der Waals surface area contributed by atoms with Crippen LogP contribution in [0.3, 0.4) is 0 Å². The molecule has 1 aromatic carbocycles. The van der Waals surface area contributed by atoms with Crippen LogP contribution < -0.4 is 5.32 Å². The molecule has 0 aliphatic rings.